The summed E-state index contributed by atoms with van der Waals surface area (Å²) >= 11 is 0. The molecule has 0 bridgehead atoms. The van der Waals surface area contributed by atoms with E-state index >= 15 is 0 Å². The highest BCUT2D eigenvalue weighted by atomic mass is 16.1. The van der Waals surface area contributed by atoms with Crippen LogP contribution in [0.25, 0.3) is 22.0 Å². The summed E-state index contributed by atoms with van der Waals surface area (Å²) in [6, 6.07) is 18.0. The van der Waals surface area contributed by atoms with Gasteiger partial charge in [-0.05, 0) is 29.2 Å². The second-order valence-corrected chi connectivity index (χ2v) is 4.65. The molecule has 0 spiro atoms. The summed E-state index contributed by atoms with van der Waals surface area (Å²) in [7, 11) is 0. The zero-order valence-corrected chi connectivity index (χ0v) is 10.8. The van der Waals surface area contributed by atoms with E-state index in [9.17, 15) is 4.79 Å². The standard InChI is InChI=1S/C17H15NO/c1-2-12-8-9-14-15(13-6-4-3-5-7-13)11-17(19)18-16(14)10-12/h3-11H,2H2,1H3,(H,18,19). The lowest BCUT2D eigenvalue weighted by Crippen LogP contribution is -2.05. The fraction of sp³-hybridized carbons (Fsp3) is 0.118. The number of aromatic nitrogens is 1. The summed E-state index contributed by atoms with van der Waals surface area (Å²) in [6.07, 6.45) is 0.966. The number of benzene rings is 2. The van der Waals surface area contributed by atoms with Crippen LogP contribution < -0.4 is 5.56 Å². The lowest BCUT2D eigenvalue weighted by molar-refractivity contribution is 1.14. The summed E-state index contributed by atoms with van der Waals surface area (Å²) in [6.45, 7) is 2.11. The van der Waals surface area contributed by atoms with Crippen molar-refractivity contribution in [2.24, 2.45) is 0 Å². The monoisotopic (exact) mass is 249 g/mol. The fourth-order valence-electron chi connectivity index (χ4n) is 2.38. The van der Waals surface area contributed by atoms with Crippen LogP contribution in [0, 0.1) is 0 Å². The number of rotatable bonds is 2. The molecule has 0 radical (unpaired) electrons. The highest BCUT2D eigenvalue weighted by molar-refractivity contribution is 5.94. The second kappa shape index (κ2) is 4.73. The number of aryl methyl sites for hydroxylation is 1. The highest BCUT2D eigenvalue weighted by Gasteiger charge is 2.06. The Morgan fingerprint density at radius 3 is 2.53 bits per heavy atom. The van der Waals surface area contributed by atoms with Gasteiger partial charge in [-0.15, -0.1) is 0 Å². The van der Waals surface area contributed by atoms with Gasteiger partial charge in [0.15, 0.2) is 0 Å². The first-order chi connectivity index (χ1) is 9.28. The van der Waals surface area contributed by atoms with E-state index in [1.54, 1.807) is 6.07 Å². The summed E-state index contributed by atoms with van der Waals surface area (Å²) in [5.41, 5.74) is 4.14. The summed E-state index contributed by atoms with van der Waals surface area (Å²) in [5.74, 6) is 0. The van der Waals surface area contributed by atoms with Crippen LogP contribution in [0.1, 0.15) is 12.5 Å². The molecule has 0 aliphatic heterocycles. The average molecular weight is 249 g/mol. The quantitative estimate of drug-likeness (QED) is 0.737. The zero-order chi connectivity index (χ0) is 13.2. The molecule has 3 aromatic rings. The van der Waals surface area contributed by atoms with Crippen molar-refractivity contribution in [3.8, 4) is 11.1 Å². The van der Waals surface area contributed by atoms with E-state index in [1.807, 2.05) is 30.3 Å². The van der Waals surface area contributed by atoms with Gasteiger partial charge in [0, 0.05) is 17.0 Å². The number of hydrogen-bond donors (Lipinski definition) is 1. The molecule has 0 aliphatic rings. The van der Waals surface area contributed by atoms with Crippen molar-refractivity contribution in [1.82, 2.24) is 4.98 Å². The maximum Gasteiger partial charge on any atom is 0.249 e. The Morgan fingerprint density at radius 1 is 1.00 bits per heavy atom. The molecule has 2 heteroatoms. The topological polar surface area (TPSA) is 32.9 Å². The van der Waals surface area contributed by atoms with Crippen LogP contribution in [0.3, 0.4) is 0 Å². The van der Waals surface area contributed by atoms with Crippen molar-refractivity contribution in [2.75, 3.05) is 0 Å². The first kappa shape index (κ1) is 11.7. The summed E-state index contributed by atoms with van der Waals surface area (Å²) < 4.78 is 0. The lowest BCUT2D eigenvalue weighted by Gasteiger charge is -2.07. The van der Waals surface area contributed by atoms with Gasteiger partial charge < -0.3 is 4.98 Å². The Balaban J connectivity index is 2.33. The van der Waals surface area contributed by atoms with Gasteiger partial charge in [0.05, 0.1) is 0 Å². The summed E-state index contributed by atoms with van der Waals surface area (Å²) in [4.78, 5) is 14.7. The van der Waals surface area contributed by atoms with Crippen LogP contribution in [0.15, 0.2) is 59.4 Å². The minimum absolute atomic E-state index is 0.0559. The van der Waals surface area contributed by atoms with Gasteiger partial charge in [-0.1, -0.05) is 49.4 Å². The zero-order valence-electron chi connectivity index (χ0n) is 10.8. The Kier molecular flexibility index (Phi) is 2.92. The van der Waals surface area contributed by atoms with Gasteiger partial charge in [-0.25, -0.2) is 0 Å². The molecule has 0 amide bonds. The number of pyridine rings is 1. The molecule has 0 aliphatic carbocycles. The predicted molar refractivity (Wildman–Crippen MR) is 79.4 cm³/mol. The van der Waals surface area contributed by atoms with E-state index in [0.717, 1.165) is 28.5 Å². The van der Waals surface area contributed by atoms with Crippen LogP contribution in [0.5, 0.6) is 0 Å². The SMILES string of the molecule is CCc1ccc2c(-c3ccccc3)cc(=O)[nH]c2c1. The second-order valence-electron chi connectivity index (χ2n) is 4.65. The minimum Gasteiger partial charge on any atom is -0.322 e. The largest absolute Gasteiger partial charge is 0.322 e. The molecule has 1 N–H and O–H groups in total. The predicted octanol–water partition coefficient (Wildman–Crippen LogP) is 3.76. The van der Waals surface area contributed by atoms with E-state index in [2.05, 4.69) is 30.1 Å². The molecule has 0 saturated carbocycles. The van der Waals surface area contributed by atoms with Crippen LogP contribution >= 0.6 is 0 Å². The molecular weight excluding hydrogens is 234 g/mol. The molecule has 94 valence electrons. The smallest absolute Gasteiger partial charge is 0.249 e. The highest BCUT2D eigenvalue weighted by Crippen LogP contribution is 2.26. The average Bonchev–Trinajstić information content (AvgIpc) is 2.46. The molecule has 1 heterocycles. The maximum absolute atomic E-state index is 11.8. The Hall–Kier alpha value is -2.35. The fourth-order valence-corrected chi connectivity index (χ4v) is 2.38. The molecule has 2 aromatic carbocycles. The molecule has 0 saturated heterocycles. The van der Waals surface area contributed by atoms with Gasteiger partial charge in [-0.2, -0.15) is 0 Å². The van der Waals surface area contributed by atoms with Crippen molar-refractivity contribution in [1.29, 1.82) is 0 Å². The molecule has 3 rings (SSSR count). The van der Waals surface area contributed by atoms with Crippen molar-refractivity contribution in [3.63, 3.8) is 0 Å². The van der Waals surface area contributed by atoms with Crippen molar-refractivity contribution < 1.29 is 0 Å². The molecule has 0 unspecified atom stereocenters. The Bertz CT molecular complexity index is 772. The normalized spacial score (nSPS) is 10.8. The third-order valence-corrected chi connectivity index (χ3v) is 3.40. The molecular formula is C17H15NO. The lowest BCUT2D eigenvalue weighted by atomic mass is 10.00. The van der Waals surface area contributed by atoms with Crippen LogP contribution in [0.4, 0.5) is 0 Å². The number of nitrogens with one attached hydrogen (secondary N) is 1. The first-order valence-electron chi connectivity index (χ1n) is 6.49. The minimum atomic E-state index is -0.0559. The van der Waals surface area contributed by atoms with E-state index in [-0.39, 0.29) is 5.56 Å². The molecule has 2 nitrogen and oxygen atoms in total. The number of fused-ring (bicyclic) bond motifs is 1. The van der Waals surface area contributed by atoms with Crippen LogP contribution in [-0.2, 0) is 6.42 Å². The number of hydrogen-bond acceptors (Lipinski definition) is 1. The van der Waals surface area contributed by atoms with Crippen molar-refractivity contribution in [2.45, 2.75) is 13.3 Å². The molecule has 0 atom stereocenters. The van der Waals surface area contributed by atoms with Crippen molar-refractivity contribution >= 4 is 10.9 Å². The maximum atomic E-state index is 11.8. The third-order valence-electron chi connectivity index (χ3n) is 3.40. The van der Waals surface area contributed by atoms with Crippen molar-refractivity contribution in [3.05, 3.63) is 70.5 Å². The van der Waals surface area contributed by atoms with E-state index in [1.165, 1.54) is 5.56 Å². The van der Waals surface area contributed by atoms with Crippen LogP contribution in [-0.4, -0.2) is 4.98 Å². The number of H-pyrrole nitrogens is 1. The first-order valence-corrected chi connectivity index (χ1v) is 6.49. The molecule has 1 aromatic heterocycles. The van der Waals surface area contributed by atoms with E-state index in [0.29, 0.717) is 0 Å². The molecule has 19 heavy (non-hydrogen) atoms. The van der Waals surface area contributed by atoms with Gasteiger partial charge >= 0.3 is 0 Å². The van der Waals surface area contributed by atoms with E-state index in [4.69, 9.17) is 0 Å². The Morgan fingerprint density at radius 2 is 1.79 bits per heavy atom. The number of aromatic amines is 1. The Labute approximate surface area is 111 Å². The van der Waals surface area contributed by atoms with Gasteiger partial charge in [0.25, 0.3) is 0 Å². The third kappa shape index (κ3) is 2.17. The van der Waals surface area contributed by atoms with Gasteiger partial charge in [0.1, 0.15) is 0 Å². The van der Waals surface area contributed by atoms with E-state index < -0.39 is 0 Å². The van der Waals surface area contributed by atoms with Gasteiger partial charge in [-0.3, -0.25) is 4.79 Å². The summed E-state index contributed by atoms with van der Waals surface area (Å²) in [5, 5.41) is 1.09. The molecule has 0 fully saturated rings. The van der Waals surface area contributed by atoms with Crippen LogP contribution in [0.2, 0.25) is 0 Å². The van der Waals surface area contributed by atoms with Gasteiger partial charge in [0.2, 0.25) is 5.56 Å².